The number of rotatable bonds is 3. The Morgan fingerprint density at radius 1 is 1.40 bits per heavy atom. The number of nitrogens with zero attached hydrogens (tertiary/aromatic N) is 1. The van der Waals surface area contributed by atoms with E-state index in [4.69, 9.17) is 11.6 Å². The van der Waals surface area contributed by atoms with Crippen molar-refractivity contribution in [3.8, 4) is 0 Å². The third kappa shape index (κ3) is 2.70. The van der Waals surface area contributed by atoms with Gasteiger partial charge >= 0.3 is 0 Å². The molecule has 1 amide bonds. The summed E-state index contributed by atoms with van der Waals surface area (Å²) in [6.45, 7) is 4.65. The smallest absolute Gasteiger partial charge is 0.259 e. The van der Waals surface area contributed by atoms with Crippen molar-refractivity contribution in [3.05, 3.63) is 45.2 Å². The molecule has 1 aromatic heterocycles. The molecule has 0 fully saturated rings. The molecule has 2 rings (SSSR count). The second-order valence-electron chi connectivity index (χ2n) is 5.27. The first-order chi connectivity index (χ1) is 9.41. The number of para-hydroxylation sites is 1. The van der Waals surface area contributed by atoms with E-state index in [-0.39, 0.29) is 16.9 Å². The van der Waals surface area contributed by atoms with Gasteiger partial charge in [0.25, 0.3) is 5.91 Å². The number of amides is 1. The minimum atomic E-state index is -0.290. The minimum Gasteiger partial charge on any atom is -0.359 e. The normalized spacial score (nSPS) is 11.1. The number of aromatic amines is 1. The lowest BCUT2D eigenvalue weighted by atomic mass is 10.1. The van der Waals surface area contributed by atoms with Crippen molar-refractivity contribution in [2.45, 2.75) is 13.8 Å². The quantitative estimate of drug-likeness (QED) is 0.946. The summed E-state index contributed by atoms with van der Waals surface area (Å²) in [5.74, 6) is 0.0692. The van der Waals surface area contributed by atoms with Gasteiger partial charge in [0.15, 0.2) is 0 Å². The molecule has 0 aliphatic rings. The summed E-state index contributed by atoms with van der Waals surface area (Å²) in [5.41, 5.74) is 0.409. The van der Waals surface area contributed by atoms with Crippen molar-refractivity contribution in [1.29, 1.82) is 0 Å². The number of hydrogen-bond donors (Lipinski definition) is 1. The number of benzene rings is 1. The predicted molar refractivity (Wildman–Crippen MR) is 81.4 cm³/mol. The summed E-state index contributed by atoms with van der Waals surface area (Å²) < 4.78 is 0. The van der Waals surface area contributed by atoms with E-state index < -0.39 is 0 Å². The third-order valence-electron chi connectivity index (χ3n) is 3.08. The number of nitrogens with one attached hydrogen (secondary N) is 1. The van der Waals surface area contributed by atoms with Crippen LogP contribution in [0.3, 0.4) is 0 Å². The van der Waals surface area contributed by atoms with Crippen LogP contribution in [0.4, 0.5) is 0 Å². The molecule has 0 atom stereocenters. The number of H-pyrrole nitrogens is 1. The standard InChI is InChI=1S/C15H17ClN2O2/c1-9(2)8-18(3)15(20)11-7-17-13-10(14(11)19)5-4-6-12(13)16/h4-7,9H,8H2,1-3H3,(H,17,19). The number of fused-ring (bicyclic) bond motifs is 1. The predicted octanol–water partition coefficient (Wildman–Crippen LogP) is 2.91. The molecule has 0 radical (unpaired) electrons. The van der Waals surface area contributed by atoms with Crippen LogP contribution in [-0.2, 0) is 0 Å². The average Bonchev–Trinajstić information content (AvgIpc) is 2.38. The van der Waals surface area contributed by atoms with Gasteiger partial charge in [-0.15, -0.1) is 0 Å². The van der Waals surface area contributed by atoms with Gasteiger partial charge < -0.3 is 9.88 Å². The van der Waals surface area contributed by atoms with Crippen LogP contribution in [0, 0.1) is 5.92 Å². The number of pyridine rings is 1. The fourth-order valence-electron chi connectivity index (χ4n) is 2.21. The number of carbonyl (C=O) groups excluding carboxylic acids is 1. The molecule has 0 bridgehead atoms. The van der Waals surface area contributed by atoms with Crippen LogP contribution in [0.15, 0.2) is 29.2 Å². The summed E-state index contributed by atoms with van der Waals surface area (Å²) in [4.78, 5) is 29.2. The van der Waals surface area contributed by atoms with Crippen molar-refractivity contribution in [1.82, 2.24) is 9.88 Å². The fraction of sp³-hybridized carbons (Fsp3) is 0.333. The molecular weight excluding hydrogens is 276 g/mol. The van der Waals surface area contributed by atoms with E-state index in [2.05, 4.69) is 4.98 Å². The maximum absolute atomic E-state index is 12.4. The second-order valence-corrected chi connectivity index (χ2v) is 5.68. The topological polar surface area (TPSA) is 53.2 Å². The van der Waals surface area contributed by atoms with Crippen molar-refractivity contribution < 1.29 is 4.79 Å². The maximum Gasteiger partial charge on any atom is 0.259 e. The van der Waals surface area contributed by atoms with Crippen LogP contribution in [0.5, 0.6) is 0 Å². The molecule has 0 saturated carbocycles. The van der Waals surface area contributed by atoms with Crippen molar-refractivity contribution in [2.75, 3.05) is 13.6 Å². The molecule has 1 N–H and O–H groups in total. The van der Waals surface area contributed by atoms with E-state index >= 15 is 0 Å². The van der Waals surface area contributed by atoms with Crippen LogP contribution in [0.25, 0.3) is 10.9 Å². The van der Waals surface area contributed by atoms with E-state index in [0.29, 0.717) is 28.4 Å². The van der Waals surface area contributed by atoms with E-state index in [1.54, 1.807) is 30.1 Å². The molecule has 1 aromatic carbocycles. The number of aromatic nitrogens is 1. The third-order valence-corrected chi connectivity index (χ3v) is 3.39. The summed E-state index contributed by atoms with van der Waals surface area (Å²) >= 11 is 6.03. The first-order valence-corrected chi connectivity index (χ1v) is 6.85. The Bertz CT molecular complexity index is 707. The van der Waals surface area contributed by atoms with Gasteiger partial charge in [-0.1, -0.05) is 31.5 Å². The molecule has 4 nitrogen and oxygen atoms in total. The van der Waals surface area contributed by atoms with Crippen LogP contribution in [0.1, 0.15) is 24.2 Å². The van der Waals surface area contributed by atoms with Crippen LogP contribution in [0.2, 0.25) is 5.02 Å². The zero-order valence-electron chi connectivity index (χ0n) is 11.7. The molecule has 106 valence electrons. The van der Waals surface area contributed by atoms with E-state index in [0.717, 1.165) is 0 Å². The minimum absolute atomic E-state index is 0.142. The highest BCUT2D eigenvalue weighted by atomic mass is 35.5. The maximum atomic E-state index is 12.4. The Labute approximate surface area is 122 Å². The fourth-order valence-corrected chi connectivity index (χ4v) is 2.44. The van der Waals surface area contributed by atoms with Crippen molar-refractivity contribution in [2.24, 2.45) is 5.92 Å². The van der Waals surface area contributed by atoms with E-state index in [1.807, 2.05) is 13.8 Å². The molecule has 0 unspecified atom stereocenters. The van der Waals surface area contributed by atoms with E-state index in [1.165, 1.54) is 6.20 Å². The molecular formula is C15H17ClN2O2. The van der Waals surface area contributed by atoms with Gasteiger partial charge in [-0.2, -0.15) is 0 Å². The molecule has 1 heterocycles. The van der Waals surface area contributed by atoms with Crippen LogP contribution < -0.4 is 5.43 Å². The average molecular weight is 293 g/mol. The zero-order chi connectivity index (χ0) is 14.9. The SMILES string of the molecule is CC(C)CN(C)C(=O)c1c[nH]c2c(Cl)cccc2c1=O. The van der Waals surface area contributed by atoms with E-state index in [9.17, 15) is 9.59 Å². The van der Waals surface area contributed by atoms with Crippen LogP contribution in [-0.4, -0.2) is 29.4 Å². The van der Waals surface area contributed by atoms with Gasteiger partial charge in [0.05, 0.1) is 10.5 Å². The summed E-state index contributed by atoms with van der Waals surface area (Å²) in [7, 11) is 1.70. The summed E-state index contributed by atoms with van der Waals surface area (Å²) in [6.07, 6.45) is 1.44. The number of carbonyl (C=O) groups is 1. The van der Waals surface area contributed by atoms with Crippen molar-refractivity contribution >= 4 is 28.4 Å². The molecule has 20 heavy (non-hydrogen) atoms. The molecule has 5 heteroatoms. The zero-order valence-corrected chi connectivity index (χ0v) is 12.5. The monoisotopic (exact) mass is 292 g/mol. The van der Waals surface area contributed by atoms with Gasteiger partial charge in [-0.3, -0.25) is 9.59 Å². The highest BCUT2D eigenvalue weighted by Crippen LogP contribution is 2.19. The molecule has 2 aromatic rings. The van der Waals surface area contributed by atoms with Crippen molar-refractivity contribution in [3.63, 3.8) is 0 Å². The van der Waals surface area contributed by atoms with Gasteiger partial charge in [-0.05, 0) is 18.1 Å². The van der Waals surface area contributed by atoms with Gasteiger partial charge in [0.2, 0.25) is 5.43 Å². The Morgan fingerprint density at radius 2 is 2.10 bits per heavy atom. The Morgan fingerprint density at radius 3 is 2.75 bits per heavy atom. The lowest BCUT2D eigenvalue weighted by Gasteiger charge is -2.19. The van der Waals surface area contributed by atoms with Gasteiger partial charge in [0.1, 0.15) is 5.56 Å². The Hall–Kier alpha value is -1.81. The van der Waals surface area contributed by atoms with Gasteiger partial charge in [-0.25, -0.2) is 0 Å². The number of halogens is 1. The molecule has 0 aliphatic carbocycles. The molecule has 0 aliphatic heterocycles. The largest absolute Gasteiger partial charge is 0.359 e. The van der Waals surface area contributed by atoms with Gasteiger partial charge in [0, 0.05) is 25.2 Å². The molecule has 0 saturated heterocycles. The Kier molecular flexibility index (Phi) is 4.14. The van der Waals surface area contributed by atoms with Crippen LogP contribution >= 0.6 is 11.6 Å². The lowest BCUT2D eigenvalue weighted by Crippen LogP contribution is -2.33. The first kappa shape index (κ1) is 14.6. The highest BCUT2D eigenvalue weighted by molar-refractivity contribution is 6.35. The number of hydrogen-bond acceptors (Lipinski definition) is 2. The summed E-state index contributed by atoms with van der Waals surface area (Å²) in [5, 5.41) is 0.899. The summed E-state index contributed by atoms with van der Waals surface area (Å²) in [6, 6.07) is 5.07. The first-order valence-electron chi connectivity index (χ1n) is 6.47. The highest BCUT2D eigenvalue weighted by Gasteiger charge is 2.18. The second kappa shape index (κ2) is 5.67. The molecule has 0 spiro atoms. The Balaban J connectivity index is 2.49. The lowest BCUT2D eigenvalue weighted by molar-refractivity contribution is 0.0778.